The van der Waals surface area contributed by atoms with Gasteiger partial charge in [-0.25, -0.2) is 9.67 Å². The van der Waals surface area contributed by atoms with Gasteiger partial charge < -0.3 is 15.0 Å². The zero-order valence-electron chi connectivity index (χ0n) is 16.4. The van der Waals surface area contributed by atoms with Crippen molar-refractivity contribution in [2.45, 2.75) is 20.4 Å². The van der Waals surface area contributed by atoms with E-state index in [9.17, 15) is 4.79 Å². The molecule has 1 N–H and O–H groups in total. The first-order chi connectivity index (χ1) is 12.8. The minimum absolute atomic E-state index is 0.0905. The van der Waals surface area contributed by atoms with Crippen LogP contribution in [0.25, 0.3) is 11.0 Å². The van der Waals surface area contributed by atoms with Gasteiger partial charge in [0.15, 0.2) is 12.3 Å². The van der Waals surface area contributed by atoms with Crippen molar-refractivity contribution in [3.8, 4) is 5.88 Å². The number of anilines is 1. The SMILES string of the molecule is Cc1cc(C)c2c(OCC(=O)NCc3cccc(N(C)C)c3)nn(C)c2n1. The van der Waals surface area contributed by atoms with E-state index in [2.05, 4.69) is 15.4 Å². The van der Waals surface area contributed by atoms with Crippen molar-refractivity contribution in [2.75, 3.05) is 25.6 Å². The Bertz CT molecular complexity index is 978. The molecule has 3 rings (SSSR count). The zero-order chi connectivity index (χ0) is 19.6. The number of carbonyl (C=O) groups excluding carboxylic acids is 1. The molecule has 27 heavy (non-hydrogen) atoms. The van der Waals surface area contributed by atoms with Crippen LogP contribution < -0.4 is 15.0 Å². The van der Waals surface area contributed by atoms with Gasteiger partial charge in [-0.05, 0) is 43.2 Å². The summed E-state index contributed by atoms with van der Waals surface area (Å²) in [6, 6.07) is 10.0. The third kappa shape index (κ3) is 4.19. The highest BCUT2D eigenvalue weighted by Crippen LogP contribution is 2.26. The Hall–Kier alpha value is -3.09. The van der Waals surface area contributed by atoms with Crippen LogP contribution in [0.1, 0.15) is 16.8 Å². The molecule has 1 aromatic carbocycles. The molecule has 0 radical (unpaired) electrons. The van der Waals surface area contributed by atoms with Gasteiger partial charge in [-0.3, -0.25) is 4.79 Å². The molecule has 0 saturated carbocycles. The van der Waals surface area contributed by atoms with Crippen LogP contribution in [0.5, 0.6) is 5.88 Å². The molecular formula is C20H25N5O2. The van der Waals surface area contributed by atoms with Crippen molar-refractivity contribution in [1.82, 2.24) is 20.1 Å². The lowest BCUT2D eigenvalue weighted by Crippen LogP contribution is -2.28. The molecule has 0 fully saturated rings. The standard InChI is InChI=1S/C20H25N5O2/c1-13-9-14(2)22-19-18(13)20(23-25(19)5)27-12-17(26)21-11-15-7-6-8-16(10-15)24(3)4/h6-10H,11-12H2,1-5H3,(H,21,26). The summed E-state index contributed by atoms with van der Waals surface area (Å²) in [6.45, 7) is 4.29. The molecule has 0 spiro atoms. The number of rotatable bonds is 6. The van der Waals surface area contributed by atoms with Crippen LogP contribution in [0, 0.1) is 13.8 Å². The summed E-state index contributed by atoms with van der Waals surface area (Å²) in [5.74, 6) is 0.240. The first kappa shape index (κ1) is 18.7. The molecular weight excluding hydrogens is 342 g/mol. The Balaban J connectivity index is 1.63. The number of nitrogens with one attached hydrogen (secondary N) is 1. The van der Waals surface area contributed by atoms with E-state index < -0.39 is 0 Å². The minimum Gasteiger partial charge on any atom is -0.466 e. The summed E-state index contributed by atoms with van der Waals surface area (Å²) in [5.41, 5.74) is 4.83. The molecule has 3 aromatic rings. The third-order valence-electron chi connectivity index (χ3n) is 4.34. The first-order valence-electron chi connectivity index (χ1n) is 8.82. The molecule has 0 aliphatic carbocycles. The van der Waals surface area contributed by atoms with Crippen LogP contribution in [0.3, 0.4) is 0 Å². The topological polar surface area (TPSA) is 72.3 Å². The van der Waals surface area contributed by atoms with Gasteiger partial charge in [0.2, 0.25) is 5.88 Å². The highest BCUT2D eigenvalue weighted by atomic mass is 16.5. The monoisotopic (exact) mass is 367 g/mol. The number of nitrogens with zero attached hydrogens (tertiary/aromatic N) is 4. The molecule has 142 valence electrons. The number of pyridine rings is 1. The van der Waals surface area contributed by atoms with Gasteiger partial charge in [0.25, 0.3) is 5.91 Å². The summed E-state index contributed by atoms with van der Waals surface area (Å²) in [4.78, 5) is 18.7. The summed E-state index contributed by atoms with van der Waals surface area (Å²) >= 11 is 0. The van der Waals surface area contributed by atoms with Gasteiger partial charge in [0, 0.05) is 39.1 Å². The van der Waals surface area contributed by atoms with Crippen LogP contribution in [-0.2, 0) is 18.4 Å². The Morgan fingerprint density at radius 3 is 2.78 bits per heavy atom. The van der Waals surface area contributed by atoms with E-state index in [-0.39, 0.29) is 12.5 Å². The van der Waals surface area contributed by atoms with Crippen LogP contribution >= 0.6 is 0 Å². The van der Waals surface area contributed by atoms with E-state index in [0.29, 0.717) is 12.4 Å². The van der Waals surface area contributed by atoms with Crippen LogP contribution in [0.2, 0.25) is 0 Å². The fraction of sp³-hybridized carbons (Fsp3) is 0.350. The molecule has 0 atom stereocenters. The van der Waals surface area contributed by atoms with Gasteiger partial charge >= 0.3 is 0 Å². The Labute approximate surface area is 159 Å². The third-order valence-corrected chi connectivity index (χ3v) is 4.34. The maximum absolute atomic E-state index is 12.2. The Morgan fingerprint density at radius 2 is 2.04 bits per heavy atom. The van der Waals surface area contributed by atoms with Crippen molar-refractivity contribution >= 4 is 22.6 Å². The second kappa shape index (κ2) is 7.65. The van der Waals surface area contributed by atoms with E-state index in [0.717, 1.165) is 33.5 Å². The number of hydrogen-bond acceptors (Lipinski definition) is 5. The van der Waals surface area contributed by atoms with Crippen molar-refractivity contribution in [2.24, 2.45) is 7.05 Å². The summed E-state index contributed by atoms with van der Waals surface area (Å²) < 4.78 is 7.36. The van der Waals surface area contributed by atoms with Crippen molar-refractivity contribution in [1.29, 1.82) is 0 Å². The van der Waals surface area contributed by atoms with Crippen molar-refractivity contribution in [3.05, 3.63) is 47.2 Å². The van der Waals surface area contributed by atoms with E-state index in [1.807, 2.05) is 70.2 Å². The van der Waals surface area contributed by atoms with E-state index in [1.165, 1.54) is 0 Å². The molecule has 0 bridgehead atoms. The molecule has 1 amide bonds. The average molecular weight is 367 g/mol. The number of ether oxygens (including phenoxy) is 1. The lowest BCUT2D eigenvalue weighted by molar-refractivity contribution is -0.123. The molecule has 0 saturated heterocycles. The highest BCUT2D eigenvalue weighted by Gasteiger charge is 2.15. The normalized spacial score (nSPS) is 10.9. The fourth-order valence-corrected chi connectivity index (χ4v) is 2.98. The average Bonchev–Trinajstić information content (AvgIpc) is 2.94. The number of aryl methyl sites for hydroxylation is 3. The highest BCUT2D eigenvalue weighted by molar-refractivity contribution is 5.85. The number of amides is 1. The van der Waals surface area contributed by atoms with E-state index in [4.69, 9.17) is 4.74 Å². The Morgan fingerprint density at radius 1 is 1.26 bits per heavy atom. The molecule has 0 unspecified atom stereocenters. The van der Waals surface area contributed by atoms with E-state index in [1.54, 1.807) is 4.68 Å². The largest absolute Gasteiger partial charge is 0.466 e. The number of carbonyl (C=O) groups is 1. The quantitative estimate of drug-likeness (QED) is 0.724. The molecule has 2 heterocycles. The van der Waals surface area contributed by atoms with Crippen molar-refractivity contribution in [3.63, 3.8) is 0 Å². The number of hydrogen-bond donors (Lipinski definition) is 1. The molecule has 0 aliphatic rings. The predicted molar refractivity (Wildman–Crippen MR) is 106 cm³/mol. The van der Waals surface area contributed by atoms with Gasteiger partial charge in [0.05, 0.1) is 5.39 Å². The number of fused-ring (bicyclic) bond motifs is 1. The fourth-order valence-electron chi connectivity index (χ4n) is 2.98. The lowest BCUT2D eigenvalue weighted by atomic mass is 10.2. The smallest absolute Gasteiger partial charge is 0.258 e. The second-order valence-corrected chi connectivity index (χ2v) is 6.84. The van der Waals surface area contributed by atoms with Crippen molar-refractivity contribution < 1.29 is 9.53 Å². The van der Waals surface area contributed by atoms with Crippen LogP contribution in [-0.4, -0.2) is 41.4 Å². The molecule has 7 nitrogen and oxygen atoms in total. The first-order valence-corrected chi connectivity index (χ1v) is 8.82. The maximum atomic E-state index is 12.2. The minimum atomic E-state index is -0.193. The number of aromatic nitrogens is 3. The van der Waals surface area contributed by atoms with Crippen LogP contribution in [0.4, 0.5) is 5.69 Å². The lowest BCUT2D eigenvalue weighted by Gasteiger charge is -2.14. The van der Waals surface area contributed by atoms with Crippen LogP contribution in [0.15, 0.2) is 30.3 Å². The maximum Gasteiger partial charge on any atom is 0.258 e. The zero-order valence-corrected chi connectivity index (χ0v) is 16.4. The number of benzene rings is 1. The molecule has 2 aromatic heterocycles. The summed E-state index contributed by atoms with van der Waals surface area (Å²) in [6.07, 6.45) is 0. The Kier molecular flexibility index (Phi) is 5.30. The van der Waals surface area contributed by atoms with Gasteiger partial charge in [0.1, 0.15) is 0 Å². The molecule has 7 heteroatoms. The van der Waals surface area contributed by atoms with Gasteiger partial charge in [-0.15, -0.1) is 5.10 Å². The summed E-state index contributed by atoms with van der Waals surface area (Å²) in [5, 5.41) is 8.08. The van der Waals surface area contributed by atoms with E-state index >= 15 is 0 Å². The predicted octanol–water partition coefficient (Wildman–Crippen LogP) is 2.35. The van der Waals surface area contributed by atoms with Gasteiger partial charge in [-0.1, -0.05) is 12.1 Å². The summed E-state index contributed by atoms with van der Waals surface area (Å²) in [7, 11) is 5.79. The second-order valence-electron chi connectivity index (χ2n) is 6.84. The van der Waals surface area contributed by atoms with Gasteiger partial charge in [-0.2, -0.15) is 0 Å². The molecule has 0 aliphatic heterocycles.